The molecule has 0 aromatic heterocycles. The van der Waals surface area contributed by atoms with Gasteiger partial charge in [-0.15, -0.1) is 0 Å². The van der Waals surface area contributed by atoms with Gasteiger partial charge in [0.2, 0.25) is 11.6 Å². The molecule has 0 unspecified atom stereocenters. The van der Waals surface area contributed by atoms with Crippen LogP contribution in [0.5, 0.6) is 0 Å². The molecule has 0 atom stereocenters. The quantitative estimate of drug-likeness (QED) is 0.453. The van der Waals surface area contributed by atoms with Gasteiger partial charge >= 0.3 is 0 Å². The van der Waals surface area contributed by atoms with Crippen LogP contribution in [-0.4, -0.2) is 21.8 Å². The van der Waals surface area contributed by atoms with Crippen molar-refractivity contribution in [2.24, 2.45) is 0 Å². The van der Waals surface area contributed by atoms with Crippen molar-refractivity contribution in [3.05, 3.63) is 22.7 Å². The zero-order valence-electron chi connectivity index (χ0n) is 13.8. The van der Waals surface area contributed by atoms with Gasteiger partial charge in [-0.2, -0.15) is 0 Å². The van der Waals surface area contributed by atoms with E-state index in [2.05, 4.69) is 6.92 Å². The molecular formula is C18H28O4. The van der Waals surface area contributed by atoms with E-state index in [1.807, 2.05) is 0 Å². The number of aliphatic hydroxyl groups is 2. The van der Waals surface area contributed by atoms with Gasteiger partial charge in [0.1, 0.15) is 0 Å². The van der Waals surface area contributed by atoms with Crippen molar-refractivity contribution in [1.29, 1.82) is 0 Å². The second-order valence-corrected chi connectivity index (χ2v) is 6.04. The molecule has 4 heteroatoms. The number of allylic oxidation sites excluding steroid dienone is 2. The summed E-state index contributed by atoms with van der Waals surface area (Å²) in [7, 11) is 0. The monoisotopic (exact) mass is 308 g/mol. The first-order valence-corrected chi connectivity index (χ1v) is 8.42. The van der Waals surface area contributed by atoms with E-state index < -0.39 is 23.1 Å². The molecule has 0 saturated heterocycles. The number of unbranched alkanes of at least 4 members (excludes halogenated alkanes) is 8. The van der Waals surface area contributed by atoms with Gasteiger partial charge in [0.05, 0.1) is 0 Å². The Morgan fingerprint density at radius 3 is 1.77 bits per heavy atom. The molecule has 1 aliphatic carbocycles. The molecule has 0 spiro atoms. The van der Waals surface area contributed by atoms with Crippen molar-refractivity contribution < 1.29 is 19.8 Å². The smallest absolute Gasteiger partial charge is 0.227 e. The summed E-state index contributed by atoms with van der Waals surface area (Å²) in [6, 6.07) is 0. The van der Waals surface area contributed by atoms with Gasteiger partial charge in [-0.3, -0.25) is 9.59 Å². The minimum absolute atomic E-state index is 0.0658. The standard InChI is InChI=1S/C18H28O4/c1-3-4-5-6-7-8-9-10-11-12-14-17(21)15(19)13(2)16(20)18(14)22/h19,22H,3-12H2,1-2H3. The average Bonchev–Trinajstić information content (AvgIpc) is 2.52. The largest absolute Gasteiger partial charge is 0.504 e. The fourth-order valence-corrected chi connectivity index (χ4v) is 2.69. The molecule has 0 aromatic carbocycles. The fraction of sp³-hybridized carbons (Fsp3) is 0.667. The fourth-order valence-electron chi connectivity index (χ4n) is 2.69. The summed E-state index contributed by atoms with van der Waals surface area (Å²) in [6.45, 7) is 3.55. The molecule has 0 fully saturated rings. The minimum Gasteiger partial charge on any atom is -0.504 e. The summed E-state index contributed by atoms with van der Waals surface area (Å²) in [4.78, 5) is 23.6. The van der Waals surface area contributed by atoms with Gasteiger partial charge in [0.25, 0.3) is 0 Å². The molecule has 22 heavy (non-hydrogen) atoms. The maximum atomic E-state index is 11.9. The zero-order valence-corrected chi connectivity index (χ0v) is 13.8. The maximum Gasteiger partial charge on any atom is 0.227 e. The van der Waals surface area contributed by atoms with Crippen LogP contribution in [0.2, 0.25) is 0 Å². The number of ketones is 2. The molecule has 1 aliphatic rings. The minimum atomic E-state index is -0.636. The van der Waals surface area contributed by atoms with Crippen LogP contribution in [0, 0.1) is 0 Å². The van der Waals surface area contributed by atoms with E-state index in [1.165, 1.54) is 45.4 Å². The van der Waals surface area contributed by atoms with E-state index in [-0.39, 0.29) is 11.1 Å². The van der Waals surface area contributed by atoms with Crippen molar-refractivity contribution in [3.8, 4) is 0 Å². The summed E-state index contributed by atoms with van der Waals surface area (Å²) in [5, 5.41) is 19.4. The highest BCUT2D eigenvalue weighted by Crippen LogP contribution is 2.25. The molecular weight excluding hydrogens is 280 g/mol. The lowest BCUT2D eigenvalue weighted by molar-refractivity contribution is -0.120. The zero-order chi connectivity index (χ0) is 16.5. The maximum absolute atomic E-state index is 11.9. The van der Waals surface area contributed by atoms with E-state index in [0.717, 1.165) is 19.3 Å². The van der Waals surface area contributed by atoms with Gasteiger partial charge in [-0.05, 0) is 19.8 Å². The number of rotatable bonds is 10. The lowest BCUT2D eigenvalue weighted by Crippen LogP contribution is -2.22. The third-order valence-electron chi connectivity index (χ3n) is 4.22. The molecule has 0 aromatic rings. The van der Waals surface area contributed by atoms with Crippen LogP contribution in [0.3, 0.4) is 0 Å². The van der Waals surface area contributed by atoms with Crippen LogP contribution in [0.4, 0.5) is 0 Å². The summed E-state index contributed by atoms with van der Waals surface area (Å²) >= 11 is 0. The summed E-state index contributed by atoms with van der Waals surface area (Å²) in [5.74, 6) is -2.24. The Morgan fingerprint density at radius 2 is 1.23 bits per heavy atom. The van der Waals surface area contributed by atoms with Crippen LogP contribution in [0.15, 0.2) is 22.7 Å². The Balaban J connectivity index is 2.28. The topological polar surface area (TPSA) is 74.6 Å². The first-order chi connectivity index (χ1) is 10.5. The second-order valence-electron chi connectivity index (χ2n) is 6.04. The highest BCUT2D eigenvalue weighted by molar-refractivity contribution is 6.22. The number of Topliss-reactive ketones (excluding diaryl/α,β-unsaturated/α-hetero) is 2. The Bertz CT molecular complexity index is 471. The van der Waals surface area contributed by atoms with E-state index in [1.54, 1.807) is 0 Å². The summed E-state index contributed by atoms with van der Waals surface area (Å²) in [5.41, 5.74) is -0.00521. The lowest BCUT2D eigenvalue weighted by Gasteiger charge is -2.15. The number of aliphatic hydroxyl groups excluding tert-OH is 2. The van der Waals surface area contributed by atoms with E-state index in [0.29, 0.717) is 6.42 Å². The molecule has 4 nitrogen and oxygen atoms in total. The highest BCUT2D eigenvalue weighted by Gasteiger charge is 2.31. The summed E-state index contributed by atoms with van der Waals surface area (Å²) < 4.78 is 0. The van der Waals surface area contributed by atoms with Gasteiger partial charge < -0.3 is 10.2 Å². The third kappa shape index (κ3) is 5.00. The number of hydrogen-bond acceptors (Lipinski definition) is 4. The molecule has 0 aliphatic heterocycles. The molecule has 1 rings (SSSR count). The lowest BCUT2D eigenvalue weighted by atomic mass is 9.91. The molecule has 0 saturated carbocycles. The SMILES string of the molecule is CCCCCCCCCCCC1=C(O)C(=O)C(C)=C(O)C1=O. The molecule has 0 bridgehead atoms. The predicted molar refractivity (Wildman–Crippen MR) is 86.8 cm³/mol. The molecule has 2 N–H and O–H groups in total. The van der Waals surface area contributed by atoms with Gasteiger partial charge in [-0.25, -0.2) is 0 Å². The van der Waals surface area contributed by atoms with E-state index in [9.17, 15) is 19.8 Å². The first-order valence-electron chi connectivity index (χ1n) is 8.42. The number of carbonyl (C=O) groups is 2. The van der Waals surface area contributed by atoms with Crippen molar-refractivity contribution in [3.63, 3.8) is 0 Å². The van der Waals surface area contributed by atoms with Crippen LogP contribution in [0.1, 0.15) is 78.1 Å². The van der Waals surface area contributed by atoms with Crippen LogP contribution in [-0.2, 0) is 9.59 Å². The van der Waals surface area contributed by atoms with Gasteiger partial charge in [0.15, 0.2) is 11.5 Å². The first kappa shape index (κ1) is 18.5. The highest BCUT2D eigenvalue weighted by atomic mass is 16.3. The molecule has 124 valence electrons. The Morgan fingerprint density at radius 1 is 0.727 bits per heavy atom. The van der Waals surface area contributed by atoms with Crippen molar-refractivity contribution in [2.45, 2.75) is 78.1 Å². The van der Waals surface area contributed by atoms with Crippen LogP contribution < -0.4 is 0 Å². The number of hydrogen-bond donors (Lipinski definition) is 2. The Hall–Kier alpha value is -1.58. The third-order valence-corrected chi connectivity index (χ3v) is 4.22. The van der Waals surface area contributed by atoms with Gasteiger partial charge in [0, 0.05) is 11.1 Å². The van der Waals surface area contributed by atoms with Crippen molar-refractivity contribution in [2.75, 3.05) is 0 Å². The molecule has 0 amide bonds. The number of carbonyl (C=O) groups excluding carboxylic acids is 2. The van der Waals surface area contributed by atoms with Crippen molar-refractivity contribution >= 4 is 11.6 Å². The normalized spacial score (nSPS) is 15.9. The molecule has 0 radical (unpaired) electrons. The Labute approximate surface area is 132 Å². The average molecular weight is 308 g/mol. The van der Waals surface area contributed by atoms with Gasteiger partial charge in [-0.1, -0.05) is 58.3 Å². The predicted octanol–water partition coefficient (Wildman–Crippen LogP) is 4.70. The summed E-state index contributed by atoms with van der Waals surface area (Å²) in [6.07, 6.45) is 10.7. The van der Waals surface area contributed by atoms with E-state index >= 15 is 0 Å². The van der Waals surface area contributed by atoms with E-state index in [4.69, 9.17) is 0 Å². The Kier molecular flexibility index (Phi) is 7.92. The molecule has 0 heterocycles. The van der Waals surface area contributed by atoms with Crippen LogP contribution in [0.25, 0.3) is 0 Å². The second kappa shape index (κ2) is 9.44. The van der Waals surface area contributed by atoms with Crippen LogP contribution >= 0.6 is 0 Å². The van der Waals surface area contributed by atoms with Crippen molar-refractivity contribution in [1.82, 2.24) is 0 Å².